The van der Waals surface area contributed by atoms with E-state index in [0.717, 1.165) is 38.5 Å². The van der Waals surface area contributed by atoms with Crippen LogP contribution in [-0.4, -0.2) is 24.3 Å². The third kappa shape index (κ3) is 20.1. The van der Waals surface area contributed by atoms with Gasteiger partial charge in [-0.25, -0.2) is 4.79 Å². The molecule has 0 aliphatic rings. The monoisotopic (exact) mass is 318 g/mol. The highest BCUT2D eigenvalue weighted by atomic mass is 16.5. The molecule has 0 aromatic carbocycles. The minimum atomic E-state index is -0.922. The van der Waals surface area contributed by atoms with Crippen molar-refractivity contribution in [3.05, 3.63) is 60.8 Å². The Balaban J connectivity index is 3.44. The van der Waals surface area contributed by atoms with Crippen LogP contribution < -0.4 is 0 Å². The van der Waals surface area contributed by atoms with Gasteiger partial charge in [0.05, 0.1) is 6.61 Å². The lowest BCUT2D eigenvalue weighted by molar-refractivity contribution is -0.142. The van der Waals surface area contributed by atoms with E-state index in [1.165, 1.54) is 0 Å². The van der Waals surface area contributed by atoms with Gasteiger partial charge in [0.1, 0.15) is 6.61 Å². The van der Waals surface area contributed by atoms with Crippen molar-refractivity contribution in [2.24, 2.45) is 0 Å². The van der Waals surface area contributed by atoms with Crippen LogP contribution in [0.4, 0.5) is 0 Å². The summed E-state index contributed by atoms with van der Waals surface area (Å²) in [6, 6.07) is 0. The molecule has 1 N–H and O–H groups in total. The molecule has 0 heterocycles. The van der Waals surface area contributed by atoms with Crippen molar-refractivity contribution >= 4 is 5.97 Å². The first-order valence-corrected chi connectivity index (χ1v) is 8.31. The largest absolute Gasteiger partial charge is 0.480 e. The lowest BCUT2D eigenvalue weighted by atomic mass is 10.2. The van der Waals surface area contributed by atoms with Gasteiger partial charge in [-0.1, -0.05) is 67.7 Å². The topological polar surface area (TPSA) is 46.5 Å². The third-order valence-corrected chi connectivity index (χ3v) is 2.81. The number of rotatable bonds is 14. The van der Waals surface area contributed by atoms with Crippen LogP contribution in [0.5, 0.6) is 0 Å². The number of ether oxygens (including phenoxy) is 1. The molecular weight excluding hydrogens is 288 g/mol. The molecule has 3 nitrogen and oxygen atoms in total. The summed E-state index contributed by atoms with van der Waals surface area (Å²) in [6.07, 6.45) is 27.2. The van der Waals surface area contributed by atoms with E-state index in [4.69, 9.17) is 9.84 Å². The van der Waals surface area contributed by atoms with Crippen LogP contribution in [-0.2, 0) is 9.53 Å². The Hall–Kier alpha value is -1.87. The Kier molecular flexibility index (Phi) is 16.7. The number of aliphatic carboxylic acids is 1. The molecule has 0 aliphatic carbocycles. The van der Waals surface area contributed by atoms with Crippen molar-refractivity contribution in [3.63, 3.8) is 0 Å². The zero-order valence-corrected chi connectivity index (χ0v) is 14.2. The molecule has 0 bridgehead atoms. The van der Waals surface area contributed by atoms with Gasteiger partial charge < -0.3 is 9.84 Å². The molecule has 0 unspecified atom stereocenters. The summed E-state index contributed by atoms with van der Waals surface area (Å²) < 4.78 is 4.93. The maximum atomic E-state index is 10.2. The Morgan fingerprint density at radius 1 is 0.783 bits per heavy atom. The van der Waals surface area contributed by atoms with Gasteiger partial charge in [0, 0.05) is 0 Å². The molecule has 0 aliphatic heterocycles. The molecule has 0 aromatic heterocycles. The van der Waals surface area contributed by atoms with E-state index < -0.39 is 5.97 Å². The van der Waals surface area contributed by atoms with Gasteiger partial charge in [-0.3, -0.25) is 0 Å². The summed E-state index contributed by atoms with van der Waals surface area (Å²) in [4.78, 5) is 10.2. The SMILES string of the molecule is CCC=CCC=CCC=CCC=CCC=CCCOCC(=O)O. The minimum absolute atomic E-state index is 0.218. The molecule has 0 atom stereocenters. The van der Waals surface area contributed by atoms with Crippen LogP contribution in [0.15, 0.2) is 60.8 Å². The molecular formula is C20H30O3. The molecule has 0 radical (unpaired) electrons. The molecule has 0 rings (SSSR count). The van der Waals surface area contributed by atoms with Gasteiger partial charge in [-0.15, -0.1) is 0 Å². The van der Waals surface area contributed by atoms with Gasteiger partial charge >= 0.3 is 5.97 Å². The second-order valence-electron chi connectivity index (χ2n) is 4.94. The lowest BCUT2D eigenvalue weighted by Crippen LogP contribution is -2.07. The van der Waals surface area contributed by atoms with E-state index in [9.17, 15) is 4.79 Å². The average Bonchev–Trinajstić information content (AvgIpc) is 2.53. The van der Waals surface area contributed by atoms with Crippen LogP contribution in [0.3, 0.4) is 0 Å². The maximum Gasteiger partial charge on any atom is 0.329 e. The lowest BCUT2D eigenvalue weighted by Gasteiger charge is -1.95. The molecule has 0 amide bonds. The summed E-state index contributed by atoms with van der Waals surface area (Å²) in [5.74, 6) is -0.922. The Morgan fingerprint density at radius 2 is 1.22 bits per heavy atom. The number of carboxylic acids is 1. The fraction of sp³-hybridized carbons (Fsp3) is 0.450. The highest BCUT2D eigenvalue weighted by molar-refractivity contribution is 5.67. The van der Waals surface area contributed by atoms with E-state index in [1.54, 1.807) is 0 Å². The van der Waals surface area contributed by atoms with E-state index in [0.29, 0.717) is 6.61 Å². The predicted molar refractivity (Wildman–Crippen MR) is 97.5 cm³/mol. The van der Waals surface area contributed by atoms with Crippen molar-refractivity contribution in [1.82, 2.24) is 0 Å². The normalized spacial score (nSPS) is 12.7. The molecule has 0 aromatic rings. The maximum absolute atomic E-state index is 10.2. The Bertz CT molecular complexity index is 415. The van der Waals surface area contributed by atoms with E-state index >= 15 is 0 Å². The van der Waals surface area contributed by atoms with Gasteiger partial charge in [-0.05, 0) is 38.5 Å². The fourth-order valence-electron chi connectivity index (χ4n) is 1.68. The molecule has 23 heavy (non-hydrogen) atoms. The smallest absolute Gasteiger partial charge is 0.329 e. The summed E-state index contributed by atoms with van der Waals surface area (Å²) in [5, 5.41) is 8.38. The predicted octanol–water partition coefficient (Wildman–Crippen LogP) is 5.23. The molecule has 3 heteroatoms. The Morgan fingerprint density at radius 3 is 1.65 bits per heavy atom. The molecule has 0 saturated heterocycles. The zero-order chi connectivity index (χ0) is 17.0. The zero-order valence-electron chi connectivity index (χ0n) is 14.2. The molecule has 128 valence electrons. The molecule has 0 saturated carbocycles. The van der Waals surface area contributed by atoms with Crippen LogP contribution in [0, 0.1) is 0 Å². The fourth-order valence-corrected chi connectivity index (χ4v) is 1.68. The highest BCUT2D eigenvalue weighted by Gasteiger charge is 1.93. The summed E-state index contributed by atoms with van der Waals surface area (Å²) in [6.45, 7) is 2.38. The average molecular weight is 318 g/mol. The summed E-state index contributed by atoms with van der Waals surface area (Å²) in [5.41, 5.74) is 0. The van der Waals surface area contributed by atoms with E-state index in [1.807, 2.05) is 6.08 Å². The van der Waals surface area contributed by atoms with Gasteiger partial charge in [0.25, 0.3) is 0 Å². The number of carboxylic acid groups (broad SMARTS) is 1. The van der Waals surface area contributed by atoms with Crippen molar-refractivity contribution in [2.45, 2.75) is 45.4 Å². The first-order valence-electron chi connectivity index (χ1n) is 8.31. The third-order valence-electron chi connectivity index (χ3n) is 2.81. The highest BCUT2D eigenvalue weighted by Crippen LogP contribution is 1.96. The number of hydrogen-bond acceptors (Lipinski definition) is 2. The van der Waals surface area contributed by atoms with Crippen LogP contribution in [0.2, 0.25) is 0 Å². The number of carbonyl (C=O) groups is 1. The summed E-state index contributed by atoms with van der Waals surface area (Å²) >= 11 is 0. The second-order valence-corrected chi connectivity index (χ2v) is 4.94. The van der Waals surface area contributed by atoms with Crippen molar-refractivity contribution < 1.29 is 14.6 Å². The second kappa shape index (κ2) is 18.2. The van der Waals surface area contributed by atoms with E-state index in [-0.39, 0.29) is 6.61 Å². The van der Waals surface area contributed by atoms with Crippen LogP contribution in [0.25, 0.3) is 0 Å². The minimum Gasteiger partial charge on any atom is -0.480 e. The van der Waals surface area contributed by atoms with Crippen molar-refractivity contribution in [2.75, 3.05) is 13.2 Å². The Labute approximate surface area is 140 Å². The van der Waals surface area contributed by atoms with Crippen LogP contribution >= 0.6 is 0 Å². The first-order chi connectivity index (χ1) is 11.3. The molecule has 0 spiro atoms. The molecule has 0 fully saturated rings. The van der Waals surface area contributed by atoms with E-state index in [2.05, 4.69) is 61.6 Å². The van der Waals surface area contributed by atoms with Gasteiger partial charge in [-0.2, -0.15) is 0 Å². The van der Waals surface area contributed by atoms with Gasteiger partial charge in [0.2, 0.25) is 0 Å². The van der Waals surface area contributed by atoms with Gasteiger partial charge in [0.15, 0.2) is 0 Å². The number of hydrogen-bond donors (Lipinski definition) is 1. The summed E-state index contributed by atoms with van der Waals surface area (Å²) in [7, 11) is 0. The first kappa shape index (κ1) is 21.1. The van der Waals surface area contributed by atoms with Crippen molar-refractivity contribution in [1.29, 1.82) is 0 Å². The van der Waals surface area contributed by atoms with Crippen molar-refractivity contribution in [3.8, 4) is 0 Å². The standard InChI is InChI=1S/C20H30O3/c1-2-3-4-5-6-7-8-9-10-11-12-13-14-15-16-17-18-23-19-20(21)22/h3-4,6-7,9-10,12-13,15-16H,2,5,8,11,14,17-19H2,1H3,(H,21,22). The quantitative estimate of drug-likeness (QED) is 0.352. The number of allylic oxidation sites excluding steroid dienone is 9. The van der Waals surface area contributed by atoms with Crippen LogP contribution in [0.1, 0.15) is 45.4 Å².